The van der Waals surface area contributed by atoms with Gasteiger partial charge in [-0.2, -0.15) is 0 Å². The van der Waals surface area contributed by atoms with Crippen molar-refractivity contribution in [3.63, 3.8) is 0 Å². The van der Waals surface area contributed by atoms with Crippen LogP contribution in [0.2, 0.25) is 0 Å². The summed E-state index contributed by atoms with van der Waals surface area (Å²) in [5.41, 5.74) is 4.25. The average Bonchev–Trinajstić information content (AvgIpc) is 2.88. The maximum atomic E-state index is 13.0. The van der Waals surface area contributed by atoms with Gasteiger partial charge in [0.25, 0.3) is 5.56 Å². The van der Waals surface area contributed by atoms with Crippen molar-refractivity contribution in [2.75, 3.05) is 20.2 Å². The van der Waals surface area contributed by atoms with Gasteiger partial charge in [0.15, 0.2) is 0 Å². The molecule has 1 fully saturated rings. The standard InChI is InChI=1S/C32H38N2O2/c1-25-21-31(36-24-29-13-8-5-9-14-29)22-32(35)34(25)26(2)30-18-16-27(17-19-30)15-10-20-33(3)23-28-11-6-4-7-12-28/h4,6-7,11-12,16-19,21-22,26,29H,5,8-9,13-14,20,23-24H2,1-3H3/t26-/m0/s1. The van der Waals surface area contributed by atoms with E-state index in [0.717, 1.165) is 23.4 Å². The summed E-state index contributed by atoms with van der Waals surface area (Å²) in [6, 6.07) is 22.2. The largest absolute Gasteiger partial charge is 0.493 e. The predicted octanol–water partition coefficient (Wildman–Crippen LogP) is 6.21. The van der Waals surface area contributed by atoms with Crippen molar-refractivity contribution in [2.45, 2.75) is 58.5 Å². The van der Waals surface area contributed by atoms with Gasteiger partial charge in [0.1, 0.15) is 5.75 Å². The summed E-state index contributed by atoms with van der Waals surface area (Å²) in [4.78, 5) is 15.2. The highest BCUT2D eigenvalue weighted by Gasteiger charge is 2.16. The number of benzene rings is 2. The first-order valence-corrected chi connectivity index (χ1v) is 13.2. The van der Waals surface area contributed by atoms with Gasteiger partial charge >= 0.3 is 0 Å². The first-order chi connectivity index (χ1) is 17.5. The SMILES string of the molecule is Cc1cc(OCC2CCCCC2)cc(=O)n1[C@@H](C)c1ccc(C#CCN(C)Cc2ccccc2)cc1. The Kier molecular flexibility index (Phi) is 9.03. The number of hydrogen-bond acceptors (Lipinski definition) is 3. The molecule has 0 amide bonds. The number of nitrogens with zero attached hydrogens (tertiary/aromatic N) is 2. The van der Waals surface area contributed by atoms with Crippen molar-refractivity contribution in [3.8, 4) is 17.6 Å². The van der Waals surface area contributed by atoms with E-state index < -0.39 is 0 Å². The number of hydrogen-bond donors (Lipinski definition) is 0. The van der Waals surface area contributed by atoms with Crippen molar-refractivity contribution < 1.29 is 4.74 Å². The minimum Gasteiger partial charge on any atom is -0.493 e. The lowest BCUT2D eigenvalue weighted by atomic mass is 9.90. The molecule has 1 saturated carbocycles. The molecule has 0 radical (unpaired) electrons. The Labute approximate surface area is 215 Å². The van der Waals surface area contributed by atoms with E-state index in [-0.39, 0.29) is 11.6 Å². The quantitative estimate of drug-likeness (QED) is 0.358. The lowest BCUT2D eigenvalue weighted by molar-refractivity contribution is 0.208. The third-order valence-electron chi connectivity index (χ3n) is 7.10. The third kappa shape index (κ3) is 7.12. The van der Waals surface area contributed by atoms with Crippen LogP contribution in [0.15, 0.2) is 71.5 Å². The summed E-state index contributed by atoms with van der Waals surface area (Å²) in [5, 5.41) is 0. The van der Waals surface area contributed by atoms with Crippen LogP contribution in [-0.2, 0) is 6.54 Å². The van der Waals surface area contributed by atoms with Gasteiger partial charge in [-0.15, -0.1) is 0 Å². The zero-order valence-electron chi connectivity index (χ0n) is 21.9. The molecule has 4 rings (SSSR count). The third-order valence-corrected chi connectivity index (χ3v) is 7.10. The first kappa shape index (κ1) is 25.8. The van der Waals surface area contributed by atoms with Gasteiger partial charge in [-0.3, -0.25) is 9.69 Å². The molecule has 1 atom stereocenters. The Balaban J connectivity index is 1.35. The molecule has 0 unspecified atom stereocenters. The maximum absolute atomic E-state index is 13.0. The van der Waals surface area contributed by atoms with Crippen molar-refractivity contribution >= 4 is 0 Å². The van der Waals surface area contributed by atoms with Crippen LogP contribution in [0.3, 0.4) is 0 Å². The highest BCUT2D eigenvalue weighted by Crippen LogP contribution is 2.25. The number of aromatic nitrogens is 1. The molecule has 1 heterocycles. The second-order valence-electron chi connectivity index (χ2n) is 10.1. The van der Waals surface area contributed by atoms with Crippen LogP contribution in [0.25, 0.3) is 0 Å². The summed E-state index contributed by atoms with van der Waals surface area (Å²) in [5.74, 6) is 7.84. The molecule has 0 saturated heterocycles. The van der Waals surface area contributed by atoms with E-state index in [1.165, 1.54) is 37.7 Å². The van der Waals surface area contributed by atoms with E-state index in [4.69, 9.17) is 4.74 Å². The summed E-state index contributed by atoms with van der Waals surface area (Å²) >= 11 is 0. The molecule has 36 heavy (non-hydrogen) atoms. The molecule has 0 aliphatic heterocycles. The van der Waals surface area contributed by atoms with Crippen LogP contribution in [0.5, 0.6) is 5.75 Å². The summed E-state index contributed by atoms with van der Waals surface area (Å²) in [7, 11) is 2.08. The van der Waals surface area contributed by atoms with Crippen LogP contribution >= 0.6 is 0 Å². The molecular weight excluding hydrogens is 444 g/mol. The monoisotopic (exact) mass is 482 g/mol. The van der Waals surface area contributed by atoms with Gasteiger partial charge in [0.05, 0.1) is 19.2 Å². The minimum absolute atomic E-state index is 0.0218. The lowest BCUT2D eigenvalue weighted by Crippen LogP contribution is -2.26. The molecule has 1 aromatic heterocycles. The Morgan fingerprint density at radius 3 is 2.44 bits per heavy atom. The van der Waals surface area contributed by atoms with Gasteiger partial charge < -0.3 is 9.30 Å². The molecule has 2 aromatic carbocycles. The molecule has 188 valence electrons. The van der Waals surface area contributed by atoms with Crippen LogP contribution in [-0.4, -0.2) is 29.7 Å². The normalized spacial score (nSPS) is 14.8. The predicted molar refractivity (Wildman–Crippen MR) is 147 cm³/mol. The Morgan fingerprint density at radius 2 is 1.75 bits per heavy atom. The van der Waals surface area contributed by atoms with Crippen LogP contribution < -0.4 is 10.3 Å². The summed E-state index contributed by atoms with van der Waals surface area (Å²) in [6.45, 7) is 6.34. The zero-order valence-corrected chi connectivity index (χ0v) is 21.9. The van der Waals surface area contributed by atoms with E-state index in [1.54, 1.807) is 6.07 Å². The molecular formula is C32H38N2O2. The minimum atomic E-state index is -0.0658. The Bertz CT molecular complexity index is 1230. The number of aryl methyl sites for hydroxylation is 1. The van der Waals surface area contributed by atoms with Crippen molar-refractivity contribution in [1.29, 1.82) is 0 Å². The van der Waals surface area contributed by atoms with Gasteiger partial charge in [-0.25, -0.2) is 0 Å². The smallest absolute Gasteiger partial charge is 0.254 e. The zero-order chi connectivity index (χ0) is 25.3. The summed E-state index contributed by atoms with van der Waals surface area (Å²) < 4.78 is 7.86. The molecule has 0 N–H and O–H groups in total. The van der Waals surface area contributed by atoms with Crippen molar-refractivity contribution in [1.82, 2.24) is 9.47 Å². The fourth-order valence-electron chi connectivity index (χ4n) is 5.05. The van der Waals surface area contributed by atoms with E-state index in [9.17, 15) is 4.79 Å². The van der Waals surface area contributed by atoms with E-state index in [0.29, 0.717) is 24.8 Å². The fourth-order valence-corrected chi connectivity index (χ4v) is 5.05. The Morgan fingerprint density at radius 1 is 1.03 bits per heavy atom. The van der Waals surface area contributed by atoms with Crippen LogP contribution in [0.4, 0.5) is 0 Å². The number of rotatable bonds is 8. The fraction of sp³-hybridized carbons (Fsp3) is 0.406. The Hall–Kier alpha value is -3.29. The molecule has 3 aromatic rings. The van der Waals surface area contributed by atoms with Crippen LogP contribution in [0.1, 0.15) is 67.5 Å². The van der Waals surface area contributed by atoms with E-state index >= 15 is 0 Å². The highest BCUT2D eigenvalue weighted by molar-refractivity contribution is 5.37. The second-order valence-corrected chi connectivity index (χ2v) is 10.1. The average molecular weight is 483 g/mol. The van der Waals surface area contributed by atoms with Crippen LogP contribution in [0, 0.1) is 24.7 Å². The lowest BCUT2D eigenvalue weighted by Gasteiger charge is -2.23. The second kappa shape index (κ2) is 12.6. The highest BCUT2D eigenvalue weighted by atomic mass is 16.5. The molecule has 4 nitrogen and oxygen atoms in total. The van der Waals surface area contributed by atoms with Gasteiger partial charge in [-0.05, 0) is 69.0 Å². The topological polar surface area (TPSA) is 34.5 Å². The molecule has 1 aliphatic rings. The number of pyridine rings is 1. The number of ether oxygens (including phenoxy) is 1. The maximum Gasteiger partial charge on any atom is 0.254 e. The van der Waals surface area contributed by atoms with Crippen molar-refractivity contribution in [2.24, 2.45) is 5.92 Å². The van der Waals surface area contributed by atoms with E-state index in [2.05, 4.69) is 67.1 Å². The molecule has 1 aliphatic carbocycles. The van der Waals surface area contributed by atoms with E-state index in [1.807, 2.05) is 35.8 Å². The van der Waals surface area contributed by atoms with Gasteiger partial charge in [-0.1, -0.05) is 73.6 Å². The first-order valence-electron chi connectivity index (χ1n) is 13.2. The molecule has 0 bridgehead atoms. The molecule has 0 spiro atoms. The summed E-state index contributed by atoms with van der Waals surface area (Å²) in [6.07, 6.45) is 6.39. The molecule has 4 heteroatoms. The van der Waals surface area contributed by atoms with Gasteiger partial charge in [0.2, 0.25) is 0 Å². The van der Waals surface area contributed by atoms with Gasteiger partial charge in [0, 0.05) is 23.9 Å². The van der Waals surface area contributed by atoms with Crippen molar-refractivity contribution in [3.05, 3.63) is 99.5 Å².